The number of fused-ring (bicyclic) bond motifs is 1. The number of hydrogen-bond acceptors (Lipinski definition) is 4. The molecule has 0 amide bonds. The number of benzene rings is 4. The van der Waals surface area contributed by atoms with Crippen molar-refractivity contribution in [3.63, 3.8) is 0 Å². The van der Waals surface area contributed by atoms with Crippen molar-refractivity contribution in [1.29, 1.82) is 0 Å². The van der Waals surface area contributed by atoms with Gasteiger partial charge in [0.25, 0.3) is 0 Å². The van der Waals surface area contributed by atoms with Crippen molar-refractivity contribution >= 4 is 26.7 Å². The molecule has 0 spiro atoms. The van der Waals surface area contributed by atoms with Gasteiger partial charge in [0.2, 0.25) is 0 Å². The van der Waals surface area contributed by atoms with E-state index in [-0.39, 0.29) is 6.10 Å². The highest BCUT2D eigenvalue weighted by molar-refractivity contribution is 9.08. The van der Waals surface area contributed by atoms with Gasteiger partial charge in [0.15, 0.2) is 0 Å². The Hall–Kier alpha value is -2.70. The fourth-order valence-corrected chi connectivity index (χ4v) is 5.38. The number of piperidine rings is 1. The predicted molar refractivity (Wildman–Crippen MR) is 158 cm³/mol. The summed E-state index contributed by atoms with van der Waals surface area (Å²) in [5.74, 6) is 1.28. The number of alkyl halides is 1. The molecule has 1 heterocycles. The lowest BCUT2D eigenvalue weighted by molar-refractivity contribution is 0.0106. The third kappa shape index (κ3) is 7.45. The minimum atomic E-state index is 0.141. The molecule has 5 heteroatoms. The van der Waals surface area contributed by atoms with E-state index in [4.69, 9.17) is 14.2 Å². The Balaban J connectivity index is 1.10. The molecule has 1 N–H and O–H groups in total. The molecule has 5 rings (SSSR count). The monoisotopic (exact) mass is 573 g/mol. The molecule has 1 aliphatic rings. The van der Waals surface area contributed by atoms with Gasteiger partial charge in [0.1, 0.15) is 5.75 Å². The highest BCUT2D eigenvalue weighted by atomic mass is 79.9. The minimum absolute atomic E-state index is 0.141. The third-order valence-electron chi connectivity index (χ3n) is 7.14. The lowest BCUT2D eigenvalue weighted by atomic mass is 9.87. The van der Waals surface area contributed by atoms with Crippen LogP contribution in [-0.4, -0.2) is 32.4 Å². The van der Waals surface area contributed by atoms with Crippen LogP contribution in [-0.2, 0) is 28.0 Å². The Morgan fingerprint density at radius 1 is 0.763 bits per heavy atom. The summed E-state index contributed by atoms with van der Waals surface area (Å²) < 4.78 is 18.2. The zero-order chi connectivity index (χ0) is 26.0. The van der Waals surface area contributed by atoms with Crippen molar-refractivity contribution in [2.45, 2.75) is 43.4 Å². The van der Waals surface area contributed by atoms with E-state index in [1.165, 1.54) is 33.0 Å². The van der Waals surface area contributed by atoms with E-state index < -0.39 is 0 Å². The van der Waals surface area contributed by atoms with Gasteiger partial charge >= 0.3 is 0 Å². The van der Waals surface area contributed by atoms with Crippen LogP contribution in [0.25, 0.3) is 10.8 Å². The molecule has 2 unspecified atom stereocenters. The molecule has 1 fully saturated rings. The van der Waals surface area contributed by atoms with Gasteiger partial charge in [-0.25, -0.2) is 0 Å². The van der Waals surface area contributed by atoms with Gasteiger partial charge in [-0.15, -0.1) is 0 Å². The van der Waals surface area contributed by atoms with Gasteiger partial charge in [0, 0.05) is 24.2 Å². The smallest absolute Gasteiger partial charge is 0.119 e. The molecule has 4 aromatic rings. The first-order valence-electron chi connectivity index (χ1n) is 13.5. The largest absolute Gasteiger partial charge is 0.494 e. The van der Waals surface area contributed by atoms with E-state index in [0.717, 1.165) is 37.0 Å². The Bertz CT molecular complexity index is 1280. The average Bonchev–Trinajstić information content (AvgIpc) is 2.98. The Morgan fingerprint density at radius 2 is 1.55 bits per heavy atom. The van der Waals surface area contributed by atoms with Gasteiger partial charge < -0.3 is 19.5 Å². The zero-order valence-electron chi connectivity index (χ0n) is 21.8. The van der Waals surface area contributed by atoms with Crippen molar-refractivity contribution in [3.8, 4) is 5.75 Å². The van der Waals surface area contributed by atoms with Crippen molar-refractivity contribution in [3.05, 3.63) is 113 Å². The summed E-state index contributed by atoms with van der Waals surface area (Å²) in [6.07, 6.45) is 2.07. The molecule has 0 saturated carbocycles. The first-order valence-corrected chi connectivity index (χ1v) is 14.6. The van der Waals surface area contributed by atoms with E-state index >= 15 is 0 Å². The molecular weight excluding hydrogens is 538 g/mol. The highest BCUT2D eigenvalue weighted by Crippen LogP contribution is 2.30. The van der Waals surface area contributed by atoms with Crippen molar-refractivity contribution in [2.75, 3.05) is 26.3 Å². The number of halogens is 1. The fourth-order valence-electron chi connectivity index (χ4n) is 5.03. The van der Waals surface area contributed by atoms with Crippen molar-refractivity contribution in [2.24, 2.45) is 0 Å². The second-order valence-corrected chi connectivity index (χ2v) is 10.5. The van der Waals surface area contributed by atoms with Crippen LogP contribution in [0.15, 0.2) is 91.0 Å². The molecule has 1 saturated heterocycles. The molecule has 198 valence electrons. The lowest BCUT2D eigenvalue weighted by Crippen LogP contribution is -2.40. The quantitative estimate of drug-likeness (QED) is 0.142. The lowest BCUT2D eigenvalue weighted by Gasteiger charge is -2.32. The summed E-state index contributed by atoms with van der Waals surface area (Å²) in [7, 11) is 0. The Kier molecular flexibility index (Phi) is 9.84. The molecule has 4 aromatic carbocycles. The molecule has 0 radical (unpaired) electrons. The Labute approximate surface area is 234 Å². The average molecular weight is 575 g/mol. The van der Waals surface area contributed by atoms with Crippen LogP contribution in [0.4, 0.5) is 0 Å². The first kappa shape index (κ1) is 26.9. The van der Waals surface area contributed by atoms with Crippen LogP contribution in [0.2, 0.25) is 0 Å². The summed E-state index contributed by atoms with van der Waals surface area (Å²) in [5.41, 5.74) is 5.02. The summed E-state index contributed by atoms with van der Waals surface area (Å²) in [5, 5.41) is 6.91. The van der Waals surface area contributed by atoms with E-state index in [9.17, 15) is 0 Å². The van der Waals surface area contributed by atoms with Gasteiger partial charge in [-0.3, -0.25) is 0 Å². The van der Waals surface area contributed by atoms with E-state index in [2.05, 4.69) is 94.0 Å². The SMILES string of the molecule is BrCc1ccc2ccc(COC3CNCCC3c3ccc(OCCCOCc4ccccc4)cc3)cc2c1. The van der Waals surface area contributed by atoms with Crippen LogP contribution in [0.1, 0.15) is 41.0 Å². The molecule has 38 heavy (non-hydrogen) atoms. The van der Waals surface area contributed by atoms with Crippen molar-refractivity contribution < 1.29 is 14.2 Å². The zero-order valence-corrected chi connectivity index (χ0v) is 23.4. The van der Waals surface area contributed by atoms with Gasteiger partial charge in [-0.1, -0.05) is 88.7 Å². The fraction of sp³-hybridized carbons (Fsp3) is 0.333. The van der Waals surface area contributed by atoms with E-state index in [1.54, 1.807) is 0 Å². The van der Waals surface area contributed by atoms with Gasteiger partial charge in [-0.05, 0) is 64.2 Å². The third-order valence-corrected chi connectivity index (χ3v) is 7.78. The summed E-state index contributed by atoms with van der Waals surface area (Å²) >= 11 is 3.56. The molecule has 4 nitrogen and oxygen atoms in total. The normalized spacial score (nSPS) is 17.5. The Morgan fingerprint density at radius 3 is 2.37 bits per heavy atom. The van der Waals surface area contributed by atoms with Crippen LogP contribution in [0.3, 0.4) is 0 Å². The summed E-state index contributed by atoms with van der Waals surface area (Å²) in [6.45, 7) is 4.48. The molecule has 0 aliphatic carbocycles. The minimum Gasteiger partial charge on any atom is -0.494 e. The topological polar surface area (TPSA) is 39.7 Å². The molecule has 1 aliphatic heterocycles. The van der Waals surface area contributed by atoms with E-state index in [0.29, 0.717) is 32.3 Å². The molecule has 0 aromatic heterocycles. The maximum Gasteiger partial charge on any atom is 0.119 e. The standard InChI is InChI=1S/C33H36BrNO3/c34-21-26-7-9-28-10-8-27(20-30(28)19-26)24-38-33-22-35-16-15-32(33)29-11-13-31(14-12-29)37-18-4-17-36-23-25-5-2-1-3-6-25/h1-3,5-14,19-20,32-33,35H,4,15-18,21-24H2. The van der Waals surface area contributed by atoms with Gasteiger partial charge in [-0.2, -0.15) is 0 Å². The van der Waals surface area contributed by atoms with Gasteiger partial charge in [0.05, 0.1) is 32.5 Å². The second kappa shape index (κ2) is 13.9. The van der Waals surface area contributed by atoms with Crippen molar-refractivity contribution in [1.82, 2.24) is 5.32 Å². The van der Waals surface area contributed by atoms with Crippen LogP contribution in [0.5, 0.6) is 5.75 Å². The predicted octanol–water partition coefficient (Wildman–Crippen LogP) is 7.38. The number of nitrogens with one attached hydrogen (secondary N) is 1. The first-order chi connectivity index (χ1) is 18.8. The maximum absolute atomic E-state index is 6.49. The van der Waals surface area contributed by atoms with E-state index in [1.807, 2.05) is 18.2 Å². The molecule has 0 bridgehead atoms. The molecule has 2 atom stereocenters. The number of rotatable bonds is 12. The van der Waals surface area contributed by atoms with Crippen LogP contribution in [0, 0.1) is 0 Å². The highest BCUT2D eigenvalue weighted by Gasteiger charge is 2.27. The second-order valence-electron chi connectivity index (χ2n) is 9.91. The number of ether oxygens (including phenoxy) is 3. The molecular formula is C33H36BrNO3. The van der Waals surface area contributed by atoms with Crippen LogP contribution < -0.4 is 10.1 Å². The van der Waals surface area contributed by atoms with Crippen LogP contribution >= 0.6 is 15.9 Å². The maximum atomic E-state index is 6.49. The number of hydrogen-bond donors (Lipinski definition) is 1. The summed E-state index contributed by atoms with van der Waals surface area (Å²) in [6, 6.07) is 32.1. The summed E-state index contributed by atoms with van der Waals surface area (Å²) in [4.78, 5) is 0.